The van der Waals surface area contributed by atoms with Crippen LogP contribution in [-0.2, 0) is 4.79 Å². The molecular weight excluding hydrogens is 224 g/mol. The van der Waals surface area contributed by atoms with Gasteiger partial charge in [0.1, 0.15) is 0 Å². The van der Waals surface area contributed by atoms with Gasteiger partial charge in [0.2, 0.25) is 5.91 Å². The molecule has 0 aliphatic carbocycles. The molecule has 0 aromatic rings. The van der Waals surface area contributed by atoms with Crippen LogP contribution in [0, 0.1) is 0 Å². The molecule has 0 rings (SSSR count). The van der Waals surface area contributed by atoms with Gasteiger partial charge in [0.25, 0.3) is 0 Å². The van der Waals surface area contributed by atoms with Crippen LogP contribution < -0.4 is 10.6 Å². The van der Waals surface area contributed by atoms with Gasteiger partial charge in [-0.1, -0.05) is 46.5 Å². The molecule has 0 fully saturated rings. The molecule has 3 nitrogen and oxygen atoms in total. The highest BCUT2D eigenvalue weighted by Gasteiger charge is 2.06. The lowest BCUT2D eigenvalue weighted by atomic mass is 10.1. The van der Waals surface area contributed by atoms with Gasteiger partial charge < -0.3 is 10.6 Å². The van der Waals surface area contributed by atoms with E-state index in [4.69, 9.17) is 0 Å². The van der Waals surface area contributed by atoms with Crippen molar-refractivity contribution >= 4 is 5.91 Å². The Bertz CT molecular complexity index is 205. The van der Waals surface area contributed by atoms with Crippen LogP contribution in [0.15, 0.2) is 0 Å². The van der Waals surface area contributed by atoms with Crippen molar-refractivity contribution in [2.24, 2.45) is 0 Å². The van der Waals surface area contributed by atoms with E-state index < -0.39 is 0 Å². The molecule has 3 heteroatoms. The Kier molecular flexibility index (Phi) is 11.2. The Labute approximate surface area is 113 Å². The first-order chi connectivity index (χ1) is 8.56. The number of nitrogens with one attached hydrogen (secondary N) is 2. The Hall–Kier alpha value is -0.570. The molecule has 0 aliphatic heterocycles. The van der Waals surface area contributed by atoms with E-state index in [1.54, 1.807) is 0 Å². The third kappa shape index (κ3) is 11.9. The molecule has 0 aromatic heterocycles. The van der Waals surface area contributed by atoms with Crippen molar-refractivity contribution < 1.29 is 4.79 Å². The summed E-state index contributed by atoms with van der Waals surface area (Å²) in [5, 5.41) is 6.40. The number of rotatable bonds is 11. The van der Waals surface area contributed by atoms with Crippen molar-refractivity contribution in [1.82, 2.24) is 10.6 Å². The molecule has 0 saturated heterocycles. The summed E-state index contributed by atoms with van der Waals surface area (Å²) in [5.41, 5.74) is 0. The van der Waals surface area contributed by atoms with Crippen molar-refractivity contribution in [1.29, 1.82) is 0 Å². The number of amides is 1. The minimum Gasteiger partial charge on any atom is -0.354 e. The molecule has 0 aliphatic rings. The van der Waals surface area contributed by atoms with Crippen molar-refractivity contribution in [3.05, 3.63) is 0 Å². The standard InChI is InChI=1S/C15H32N2O/c1-5-6-7-8-10-14(4)17-15(18)11-9-12-16-13(2)3/h13-14,16H,5-12H2,1-4H3,(H,17,18). The first-order valence-corrected chi connectivity index (χ1v) is 7.59. The number of carbonyl (C=O) groups is 1. The first-order valence-electron chi connectivity index (χ1n) is 7.59. The highest BCUT2D eigenvalue weighted by molar-refractivity contribution is 5.76. The lowest BCUT2D eigenvalue weighted by Gasteiger charge is -2.14. The van der Waals surface area contributed by atoms with E-state index in [-0.39, 0.29) is 5.91 Å². The van der Waals surface area contributed by atoms with E-state index >= 15 is 0 Å². The molecule has 0 saturated carbocycles. The third-order valence-electron chi connectivity index (χ3n) is 3.03. The Morgan fingerprint density at radius 3 is 2.39 bits per heavy atom. The predicted octanol–water partition coefficient (Wildman–Crippen LogP) is 3.24. The van der Waals surface area contributed by atoms with E-state index in [9.17, 15) is 4.79 Å². The maximum Gasteiger partial charge on any atom is 0.220 e. The van der Waals surface area contributed by atoms with Crippen LogP contribution in [0.3, 0.4) is 0 Å². The quantitative estimate of drug-likeness (QED) is 0.557. The van der Waals surface area contributed by atoms with E-state index in [1.807, 2.05) is 0 Å². The zero-order valence-electron chi connectivity index (χ0n) is 12.7. The molecule has 0 spiro atoms. The lowest BCUT2D eigenvalue weighted by Crippen LogP contribution is -2.33. The van der Waals surface area contributed by atoms with Crippen LogP contribution in [0.2, 0.25) is 0 Å². The van der Waals surface area contributed by atoms with Gasteiger partial charge in [-0.2, -0.15) is 0 Å². The summed E-state index contributed by atoms with van der Waals surface area (Å²) in [4.78, 5) is 11.6. The van der Waals surface area contributed by atoms with Gasteiger partial charge in [0.15, 0.2) is 0 Å². The second-order valence-electron chi connectivity index (χ2n) is 5.53. The number of carbonyl (C=O) groups excluding carboxylic acids is 1. The second-order valence-corrected chi connectivity index (χ2v) is 5.53. The summed E-state index contributed by atoms with van der Waals surface area (Å²) in [7, 11) is 0. The van der Waals surface area contributed by atoms with Crippen molar-refractivity contribution in [2.75, 3.05) is 6.54 Å². The minimum absolute atomic E-state index is 0.198. The van der Waals surface area contributed by atoms with Crippen LogP contribution in [0.5, 0.6) is 0 Å². The van der Waals surface area contributed by atoms with Crippen molar-refractivity contribution in [3.8, 4) is 0 Å². The molecule has 2 N–H and O–H groups in total. The first kappa shape index (κ1) is 17.4. The summed E-state index contributed by atoms with van der Waals surface area (Å²) in [6, 6.07) is 0.831. The normalized spacial score (nSPS) is 12.7. The van der Waals surface area contributed by atoms with Crippen LogP contribution in [0.25, 0.3) is 0 Å². The molecule has 1 atom stereocenters. The van der Waals surface area contributed by atoms with E-state index in [2.05, 4.69) is 38.3 Å². The summed E-state index contributed by atoms with van der Waals surface area (Å²) in [6.45, 7) is 9.50. The average Bonchev–Trinajstić information content (AvgIpc) is 2.30. The second kappa shape index (κ2) is 11.5. The van der Waals surface area contributed by atoms with Gasteiger partial charge in [-0.15, -0.1) is 0 Å². The lowest BCUT2D eigenvalue weighted by molar-refractivity contribution is -0.121. The largest absolute Gasteiger partial charge is 0.354 e. The monoisotopic (exact) mass is 256 g/mol. The molecule has 1 amide bonds. The summed E-state index contributed by atoms with van der Waals surface area (Å²) >= 11 is 0. The van der Waals surface area contributed by atoms with Crippen LogP contribution >= 0.6 is 0 Å². The molecule has 1 unspecified atom stereocenters. The van der Waals surface area contributed by atoms with Crippen LogP contribution in [-0.4, -0.2) is 24.5 Å². The van der Waals surface area contributed by atoms with Crippen molar-refractivity contribution in [2.45, 2.75) is 84.7 Å². The number of hydrogen-bond donors (Lipinski definition) is 2. The third-order valence-corrected chi connectivity index (χ3v) is 3.03. The number of unbranched alkanes of at least 4 members (excludes halogenated alkanes) is 3. The van der Waals surface area contributed by atoms with E-state index in [0.29, 0.717) is 18.5 Å². The van der Waals surface area contributed by atoms with E-state index in [0.717, 1.165) is 19.4 Å². The molecule has 0 heterocycles. The zero-order chi connectivity index (χ0) is 13.8. The molecular formula is C15H32N2O. The zero-order valence-corrected chi connectivity index (χ0v) is 12.7. The average molecular weight is 256 g/mol. The van der Waals surface area contributed by atoms with Crippen LogP contribution in [0.1, 0.15) is 72.6 Å². The Morgan fingerprint density at radius 2 is 1.78 bits per heavy atom. The van der Waals surface area contributed by atoms with Gasteiger partial charge >= 0.3 is 0 Å². The maximum atomic E-state index is 11.6. The smallest absolute Gasteiger partial charge is 0.220 e. The molecule has 18 heavy (non-hydrogen) atoms. The van der Waals surface area contributed by atoms with Gasteiger partial charge in [-0.25, -0.2) is 0 Å². The highest BCUT2D eigenvalue weighted by Crippen LogP contribution is 2.05. The fourth-order valence-corrected chi connectivity index (χ4v) is 1.94. The van der Waals surface area contributed by atoms with Gasteiger partial charge in [-0.3, -0.25) is 4.79 Å². The molecule has 0 aromatic carbocycles. The van der Waals surface area contributed by atoms with Gasteiger partial charge in [-0.05, 0) is 26.3 Å². The van der Waals surface area contributed by atoms with Crippen molar-refractivity contribution in [3.63, 3.8) is 0 Å². The highest BCUT2D eigenvalue weighted by atomic mass is 16.1. The van der Waals surface area contributed by atoms with Gasteiger partial charge in [0, 0.05) is 18.5 Å². The summed E-state index contributed by atoms with van der Waals surface area (Å²) in [5.74, 6) is 0.198. The Morgan fingerprint density at radius 1 is 1.06 bits per heavy atom. The fraction of sp³-hybridized carbons (Fsp3) is 0.933. The SMILES string of the molecule is CCCCCCC(C)NC(=O)CCCNC(C)C. The van der Waals surface area contributed by atoms with Gasteiger partial charge in [0.05, 0.1) is 0 Å². The topological polar surface area (TPSA) is 41.1 Å². The Balaban J connectivity index is 3.43. The van der Waals surface area contributed by atoms with E-state index in [1.165, 1.54) is 25.7 Å². The predicted molar refractivity (Wildman–Crippen MR) is 78.7 cm³/mol. The number of hydrogen-bond acceptors (Lipinski definition) is 2. The summed E-state index contributed by atoms with van der Waals surface area (Å²) in [6.07, 6.45) is 7.76. The molecule has 0 radical (unpaired) electrons. The van der Waals surface area contributed by atoms with Crippen LogP contribution in [0.4, 0.5) is 0 Å². The minimum atomic E-state index is 0.198. The molecule has 108 valence electrons. The summed E-state index contributed by atoms with van der Waals surface area (Å²) < 4.78 is 0. The maximum absolute atomic E-state index is 11.6. The molecule has 0 bridgehead atoms. The fourth-order valence-electron chi connectivity index (χ4n) is 1.94.